The molecule has 222 valence electrons. The molecular formula is C34H33BrN2O5S. The molecule has 1 atom stereocenters. The van der Waals surface area contributed by atoms with E-state index in [0.29, 0.717) is 32.1 Å². The molecular weight excluding hydrogens is 628 g/mol. The summed E-state index contributed by atoms with van der Waals surface area (Å²) >= 11 is 4.81. The van der Waals surface area contributed by atoms with Crippen LogP contribution in [0.5, 0.6) is 11.5 Å². The number of carbonyl (C=O) groups is 1. The molecule has 0 unspecified atom stereocenters. The van der Waals surface area contributed by atoms with Crippen molar-refractivity contribution in [2.24, 2.45) is 4.99 Å². The Kier molecular flexibility index (Phi) is 9.32. The van der Waals surface area contributed by atoms with Gasteiger partial charge in [-0.1, -0.05) is 69.7 Å². The summed E-state index contributed by atoms with van der Waals surface area (Å²) in [5.41, 5.74) is 2.77. The second-order valence-electron chi connectivity index (χ2n) is 10.5. The average Bonchev–Trinajstić information content (AvgIpc) is 3.28. The Labute approximate surface area is 262 Å². The summed E-state index contributed by atoms with van der Waals surface area (Å²) in [5, 5.41) is 0. The molecule has 0 bridgehead atoms. The number of nitrogens with zero attached hydrogens (tertiary/aromatic N) is 2. The van der Waals surface area contributed by atoms with E-state index in [1.54, 1.807) is 11.5 Å². The predicted octanol–water partition coefficient (Wildman–Crippen LogP) is 6.27. The molecule has 5 rings (SSSR count). The third-order valence-corrected chi connectivity index (χ3v) is 8.04. The SMILES string of the molecule is CCOC(=O)C1=C(c2ccccc2)N=c2s/c(=C\c3cc(Br)ccc3OC(C)C)c(=O)n2[C@H]1c1ccc(OC(C)C)cc1. The number of aromatic nitrogens is 1. The van der Waals surface area contributed by atoms with Crippen molar-refractivity contribution < 1.29 is 19.0 Å². The largest absolute Gasteiger partial charge is 0.491 e. The van der Waals surface area contributed by atoms with Gasteiger partial charge in [-0.05, 0) is 76.6 Å². The highest BCUT2D eigenvalue weighted by Gasteiger charge is 2.35. The van der Waals surface area contributed by atoms with E-state index in [0.717, 1.165) is 21.2 Å². The van der Waals surface area contributed by atoms with Gasteiger partial charge >= 0.3 is 5.97 Å². The molecule has 3 aromatic carbocycles. The molecule has 0 N–H and O–H groups in total. The summed E-state index contributed by atoms with van der Waals surface area (Å²) in [5.74, 6) is 0.841. The highest BCUT2D eigenvalue weighted by molar-refractivity contribution is 9.10. The Hall–Kier alpha value is -3.95. The smallest absolute Gasteiger partial charge is 0.338 e. The number of esters is 1. The van der Waals surface area contributed by atoms with E-state index >= 15 is 0 Å². The molecule has 2 heterocycles. The van der Waals surface area contributed by atoms with Crippen molar-refractivity contribution in [1.29, 1.82) is 0 Å². The Morgan fingerprint density at radius 1 is 1.00 bits per heavy atom. The van der Waals surface area contributed by atoms with Crippen LogP contribution < -0.4 is 24.4 Å². The van der Waals surface area contributed by atoms with Gasteiger partial charge in [0, 0.05) is 15.6 Å². The van der Waals surface area contributed by atoms with Gasteiger partial charge in [-0.15, -0.1) is 0 Å². The van der Waals surface area contributed by atoms with Gasteiger partial charge in [-0.3, -0.25) is 9.36 Å². The first-order valence-electron chi connectivity index (χ1n) is 14.2. The van der Waals surface area contributed by atoms with E-state index in [4.69, 9.17) is 19.2 Å². The summed E-state index contributed by atoms with van der Waals surface area (Å²) in [6.45, 7) is 9.78. The molecule has 0 saturated carbocycles. The molecule has 0 saturated heterocycles. The van der Waals surface area contributed by atoms with Crippen LogP contribution in [0, 0.1) is 0 Å². The molecule has 4 aromatic rings. The molecule has 0 aliphatic carbocycles. The van der Waals surface area contributed by atoms with Crippen molar-refractivity contribution in [3.63, 3.8) is 0 Å². The molecule has 0 fully saturated rings. The maximum absolute atomic E-state index is 14.2. The zero-order chi connectivity index (χ0) is 30.7. The van der Waals surface area contributed by atoms with Gasteiger partial charge in [0.25, 0.3) is 5.56 Å². The number of hydrogen-bond acceptors (Lipinski definition) is 7. The predicted molar refractivity (Wildman–Crippen MR) is 173 cm³/mol. The highest BCUT2D eigenvalue weighted by atomic mass is 79.9. The zero-order valence-corrected chi connectivity index (χ0v) is 27.1. The molecule has 0 spiro atoms. The van der Waals surface area contributed by atoms with E-state index in [1.165, 1.54) is 11.3 Å². The molecule has 0 amide bonds. The van der Waals surface area contributed by atoms with E-state index in [-0.39, 0.29) is 24.4 Å². The summed E-state index contributed by atoms with van der Waals surface area (Å²) in [6.07, 6.45) is 1.78. The number of hydrogen-bond donors (Lipinski definition) is 0. The number of fused-ring (bicyclic) bond motifs is 1. The third kappa shape index (κ3) is 6.68. The van der Waals surface area contributed by atoms with E-state index in [1.807, 2.05) is 107 Å². The Morgan fingerprint density at radius 3 is 2.35 bits per heavy atom. The first kappa shape index (κ1) is 30.5. The van der Waals surface area contributed by atoms with Crippen LogP contribution in [0.25, 0.3) is 11.8 Å². The zero-order valence-electron chi connectivity index (χ0n) is 24.7. The van der Waals surface area contributed by atoms with Crippen LogP contribution >= 0.6 is 27.3 Å². The molecule has 1 aliphatic rings. The summed E-state index contributed by atoms with van der Waals surface area (Å²) in [4.78, 5) is 33.3. The normalized spacial score (nSPS) is 15.0. The van der Waals surface area contributed by atoms with Crippen LogP contribution in [0.15, 0.2) is 92.6 Å². The van der Waals surface area contributed by atoms with Gasteiger partial charge in [0.1, 0.15) is 11.5 Å². The summed E-state index contributed by atoms with van der Waals surface area (Å²) in [6, 6.07) is 21.9. The topological polar surface area (TPSA) is 79.1 Å². The van der Waals surface area contributed by atoms with Crippen LogP contribution in [0.1, 0.15) is 57.4 Å². The van der Waals surface area contributed by atoms with Crippen molar-refractivity contribution in [2.45, 2.75) is 52.9 Å². The Bertz CT molecular complexity index is 1840. The lowest BCUT2D eigenvalue weighted by Gasteiger charge is -2.26. The van der Waals surface area contributed by atoms with Crippen LogP contribution in [0.4, 0.5) is 0 Å². The summed E-state index contributed by atoms with van der Waals surface area (Å²) in [7, 11) is 0. The minimum Gasteiger partial charge on any atom is -0.491 e. The number of carbonyl (C=O) groups excluding carboxylic acids is 1. The molecule has 7 nitrogen and oxygen atoms in total. The van der Waals surface area contributed by atoms with Gasteiger partial charge in [0.15, 0.2) is 4.80 Å². The van der Waals surface area contributed by atoms with Crippen molar-refractivity contribution in [3.8, 4) is 11.5 Å². The van der Waals surface area contributed by atoms with Gasteiger partial charge in [0.2, 0.25) is 0 Å². The minimum absolute atomic E-state index is 0.00536. The lowest BCUT2D eigenvalue weighted by molar-refractivity contribution is -0.138. The van der Waals surface area contributed by atoms with Crippen molar-refractivity contribution >= 4 is 45.0 Å². The minimum atomic E-state index is -0.769. The van der Waals surface area contributed by atoms with Crippen LogP contribution in [-0.4, -0.2) is 29.4 Å². The average molecular weight is 662 g/mol. The fraction of sp³-hybridized carbons (Fsp3) is 0.265. The van der Waals surface area contributed by atoms with Crippen LogP contribution in [0.3, 0.4) is 0 Å². The quantitative estimate of drug-likeness (QED) is 0.198. The number of thiazole rings is 1. The maximum atomic E-state index is 14.2. The van der Waals surface area contributed by atoms with Gasteiger partial charge in [-0.25, -0.2) is 9.79 Å². The molecule has 9 heteroatoms. The van der Waals surface area contributed by atoms with Gasteiger partial charge in [0.05, 0.1) is 40.7 Å². The van der Waals surface area contributed by atoms with E-state index in [2.05, 4.69) is 15.9 Å². The second kappa shape index (κ2) is 13.1. The first-order valence-corrected chi connectivity index (χ1v) is 15.8. The first-order chi connectivity index (χ1) is 20.7. The highest BCUT2D eigenvalue weighted by Crippen LogP contribution is 2.36. The number of benzene rings is 3. The van der Waals surface area contributed by atoms with Crippen LogP contribution in [0.2, 0.25) is 0 Å². The van der Waals surface area contributed by atoms with E-state index < -0.39 is 12.0 Å². The Morgan fingerprint density at radius 2 is 1.70 bits per heavy atom. The van der Waals surface area contributed by atoms with Gasteiger partial charge in [-0.2, -0.15) is 0 Å². The molecule has 1 aliphatic heterocycles. The Balaban J connectivity index is 1.79. The van der Waals surface area contributed by atoms with Crippen molar-refractivity contribution in [2.75, 3.05) is 6.61 Å². The van der Waals surface area contributed by atoms with Crippen molar-refractivity contribution in [1.82, 2.24) is 4.57 Å². The lowest BCUT2D eigenvalue weighted by Crippen LogP contribution is -2.40. The van der Waals surface area contributed by atoms with Crippen LogP contribution in [-0.2, 0) is 9.53 Å². The second-order valence-corrected chi connectivity index (χ2v) is 12.4. The molecule has 1 aromatic heterocycles. The summed E-state index contributed by atoms with van der Waals surface area (Å²) < 4.78 is 20.4. The fourth-order valence-electron chi connectivity index (χ4n) is 4.89. The maximum Gasteiger partial charge on any atom is 0.338 e. The monoisotopic (exact) mass is 660 g/mol. The number of rotatable bonds is 9. The molecule has 0 radical (unpaired) electrons. The third-order valence-electron chi connectivity index (χ3n) is 6.56. The fourth-order valence-corrected chi connectivity index (χ4v) is 6.26. The number of ether oxygens (including phenoxy) is 3. The lowest BCUT2D eigenvalue weighted by atomic mass is 9.93. The number of halogens is 1. The molecule has 43 heavy (non-hydrogen) atoms. The van der Waals surface area contributed by atoms with E-state index in [9.17, 15) is 9.59 Å². The standard InChI is InChI=1S/C34H33BrN2O5S/c1-6-40-33(39)29-30(22-10-8-7-9-11-22)36-34-37(31(29)23-12-15-26(16-13-23)41-20(2)3)32(38)28(43-34)19-24-18-25(35)14-17-27(24)42-21(4)5/h7-21,31H,6H2,1-5H3/b28-19-/t31-/m0/s1. The van der Waals surface area contributed by atoms with Gasteiger partial charge < -0.3 is 14.2 Å². The van der Waals surface area contributed by atoms with Crippen molar-refractivity contribution in [3.05, 3.63) is 119 Å².